The fraction of sp³-hybridized carbons (Fsp3) is 0.273. The molecule has 2 aromatic heterocycles. The van der Waals surface area contributed by atoms with Crippen LogP contribution in [0.2, 0.25) is 0 Å². The summed E-state index contributed by atoms with van der Waals surface area (Å²) in [4.78, 5) is 18.2. The van der Waals surface area contributed by atoms with E-state index in [2.05, 4.69) is 5.32 Å². The van der Waals surface area contributed by atoms with Crippen molar-refractivity contribution in [3.05, 3.63) is 84.0 Å². The highest BCUT2D eigenvalue weighted by atomic mass is 32.2. The zero-order valence-electron chi connectivity index (χ0n) is 24.8. The molecule has 3 unspecified atom stereocenters. The Hall–Kier alpha value is -4.78. The van der Waals surface area contributed by atoms with E-state index in [4.69, 9.17) is 14.5 Å². The number of hydrogen-bond acceptors (Lipinski definition) is 6. The third-order valence-electron chi connectivity index (χ3n) is 8.46. The van der Waals surface area contributed by atoms with Crippen molar-refractivity contribution in [2.75, 3.05) is 24.2 Å². The van der Waals surface area contributed by atoms with E-state index in [0.717, 1.165) is 22.9 Å². The monoisotopic (exact) mass is 650 g/mol. The summed E-state index contributed by atoms with van der Waals surface area (Å²) in [6.07, 6.45) is 0.535. The number of likely N-dealkylation sites (N-methyl/N-ethyl adjacent to an activating group) is 1. The quantitative estimate of drug-likeness (QED) is 0.281. The smallest absolute Gasteiger partial charge is 0.257 e. The molecule has 0 fully saturated rings. The Labute approximate surface area is 263 Å². The van der Waals surface area contributed by atoms with Crippen LogP contribution in [0.15, 0.2) is 78.4 Å². The molecule has 0 radical (unpaired) electrons. The van der Waals surface area contributed by atoms with Crippen molar-refractivity contribution in [1.29, 1.82) is 0 Å². The van der Waals surface area contributed by atoms with Crippen LogP contribution in [0.5, 0.6) is 11.5 Å². The fourth-order valence-corrected chi connectivity index (χ4v) is 7.23. The van der Waals surface area contributed by atoms with Gasteiger partial charge in [-0.05, 0) is 42.0 Å². The summed E-state index contributed by atoms with van der Waals surface area (Å²) in [6.45, 7) is -0.849. The summed E-state index contributed by atoms with van der Waals surface area (Å²) in [6, 6.07) is 16.0. The number of sulfonamides is 1. The van der Waals surface area contributed by atoms with Crippen LogP contribution in [0.3, 0.4) is 0 Å². The number of nitrogens with zero attached hydrogens (tertiary/aromatic N) is 3. The summed E-state index contributed by atoms with van der Waals surface area (Å²) in [5.74, 6) is -0.630. The zero-order chi connectivity index (χ0) is 32.3. The summed E-state index contributed by atoms with van der Waals surface area (Å²) in [7, 11) is -2.74. The summed E-state index contributed by atoms with van der Waals surface area (Å²) >= 11 is 0. The first-order chi connectivity index (χ1) is 22.0. The molecule has 0 bridgehead atoms. The van der Waals surface area contributed by atoms with Crippen LogP contribution in [-0.2, 0) is 21.5 Å². The van der Waals surface area contributed by atoms with Crippen molar-refractivity contribution < 1.29 is 35.9 Å². The lowest BCUT2D eigenvalue weighted by Crippen LogP contribution is -2.35. The number of allylic oxidation sites excluding steroid dienone is 2. The van der Waals surface area contributed by atoms with E-state index in [-0.39, 0.29) is 41.8 Å². The van der Waals surface area contributed by atoms with E-state index in [0.29, 0.717) is 26.9 Å². The van der Waals surface area contributed by atoms with Gasteiger partial charge in [-0.3, -0.25) is 9.10 Å². The lowest BCUT2D eigenvalue weighted by atomic mass is 9.86. The lowest BCUT2D eigenvalue weighted by molar-refractivity contribution is -0.123. The largest absolute Gasteiger partial charge is 0.484 e. The number of ether oxygens (including phenoxy) is 2. The highest BCUT2D eigenvalue weighted by molar-refractivity contribution is 7.92. The molecule has 46 heavy (non-hydrogen) atoms. The maximum absolute atomic E-state index is 13.9. The first kappa shape index (κ1) is 29.9. The van der Waals surface area contributed by atoms with Crippen LogP contribution in [-0.4, -0.2) is 62.4 Å². The summed E-state index contributed by atoms with van der Waals surface area (Å²) < 4.78 is 82.5. The van der Waals surface area contributed by atoms with Crippen LogP contribution in [0.25, 0.3) is 33.5 Å². The second-order valence-electron chi connectivity index (χ2n) is 11.4. The Balaban J connectivity index is 1.43. The molecule has 4 aromatic rings. The van der Waals surface area contributed by atoms with Gasteiger partial charge in [-0.2, -0.15) is 0 Å². The Bertz CT molecular complexity index is 2060. The van der Waals surface area contributed by atoms with Crippen molar-refractivity contribution in [2.45, 2.75) is 37.8 Å². The van der Waals surface area contributed by atoms with Gasteiger partial charge in [0.1, 0.15) is 35.4 Å². The van der Waals surface area contributed by atoms with Gasteiger partial charge in [-0.25, -0.2) is 26.6 Å². The Morgan fingerprint density at radius 1 is 1.15 bits per heavy atom. The Kier molecular flexibility index (Phi) is 7.30. The Morgan fingerprint density at radius 3 is 2.67 bits per heavy atom. The number of rotatable bonds is 7. The molecular formula is C33H29F3N4O5S. The molecule has 1 amide bonds. The van der Waals surface area contributed by atoms with E-state index in [1.165, 1.54) is 19.2 Å². The second-order valence-corrected chi connectivity index (χ2v) is 13.3. The average molecular weight is 651 g/mol. The number of nitrogens with one attached hydrogen (secondary N) is 1. The number of amides is 1. The molecule has 0 saturated heterocycles. The molecule has 2 aromatic carbocycles. The van der Waals surface area contributed by atoms with Gasteiger partial charge in [0.15, 0.2) is 6.73 Å². The molecule has 7 rings (SSSR count). The molecule has 3 atom stereocenters. The third-order valence-corrected chi connectivity index (χ3v) is 9.61. The van der Waals surface area contributed by atoms with Gasteiger partial charge in [0.05, 0.1) is 35.4 Å². The first-order valence-electron chi connectivity index (χ1n) is 14.6. The van der Waals surface area contributed by atoms with Crippen molar-refractivity contribution in [2.24, 2.45) is 0 Å². The van der Waals surface area contributed by atoms with Crippen LogP contribution in [0.1, 0.15) is 17.9 Å². The van der Waals surface area contributed by atoms with Crippen molar-refractivity contribution in [3.8, 4) is 34.1 Å². The van der Waals surface area contributed by atoms with Gasteiger partial charge in [0.2, 0.25) is 15.9 Å². The molecule has 4 heterocycles. The zero-order valence-corrected chi connectivity index (χ0v) is 25.6. The van der Waals surface area contributed by atoms with Gasteiger partial charge >= 0.3 is 0 Å². The predicted octanol–water partition coefficient (Wildman–Crippen LogP) is 5.57. The minimum absolute atomic E-state index is 0.0837. The predicted molar refractivity (Wildman–Crippen MR) is 167 cm³/mol. The van der Waals surface area contributed by atoms with E-state index >= 15 is 0 Å². The molecule has 1 N–H and O–H groups in total. The van der Waals surface area contributed by atoms with Crippen molar-refractivity contribution >= 4 is 32.5 Å². The van der Waals surface area contributed by atoms with E-state index in [9.17, 15) is 26.4 Å². The third kappa shape index (κ3) is 5.08. The number of anilines is 1. The number of alkyl halides is 3. The first-order valence-corrected chi connectivity index (χ1v) is 16.5. The maximum atomic E-state index is 13.9. The van der Waals surface area contributed by atoms with Gasteiger partial charge < -0.3 is 19.4 Å². The molecule has 0 spiro atoms. The number of benzene rings is 2. The number of fused-ring (bicyclic) bond motifs is 6. The number of carbonyl (C=O) groups is 1. The second kappa shape index (κ2) is 11.2. The van der Waals surface area contributed by atoms with Gasteiger partial charge in [-0.1, -0.05) is 30.4 Å². The van der Waals surface area contributed by atoms with Gasteiger partial charge in [-0.15, -0.1) is 0 Å². The lowest BCUT2D eigenvalue weighted by Gasteiger charge is -2.26. The number of carbonyl (C=O) groups excluding carboxylic acids is 1. The average Bonchev–Trinajstić information content (AvgIpc) is 3.61. The SMILES string of the molecule is CNC(=O)C1c2cc(-c3ccc4c(n3)-c3cc5ccccc5n3CO4)c(N(CC(F)F)S(C)(=O)=O)cc2OC1C1=CCC(F)C=C1. The molecule has 0 saturated carbocycles. The number of pyridine rings is 1. The van der Waals surface area contributed by atoms with Crippen LogP contribution >= 0.6 is 0 Å². The van der Waals surface area contributed by atoms with Crippen molar-refractivity contribution in [1.82, 2.24) is 14.9 Å². The fourth-order valence-electron chi connectivity index (χ4n) is 6.34. The summed E-state index contributed by atoms with van der Waals surface area (Å²) in [5, 5.41) is 3.63. The van der Waals surface area contributed by atoms with Crippen LogP contribution < -0.4 is 19.1 Å². The Morgan fingerprint density at radius 2 is 1.96 bits per heavy atom. The van der Waals surface area contributed by atoms with E-state index in [1.54, 1.807) is 30.4 Å². The summed E-state index contributed by atoms with van der Waals surface area (Å²) in [5.41, 5.74) is 3.58. The number of aromatic nitrogens is 2. The molecule has 1 aliphatic carbocycles. The highest BCUT2D eigenvalue weighted by Gasteiger charge is 2.43. The normalized spacial score (nSPS) is 20.0. The maximum Gasteiger partial charge on any atom is 0.257 e. The number of para-hydroxylation sites is 1. The molecule has 3 aliphatic rings. The minimum atomic E-state index is -4.22. The molecular weight excluding hydrogens is 621 g/mol. The molecule has 2 aliphatic heterocycles. The molecule has 9 nitrogen and oxygen atoms in total. The molecule has 238 valence electrons. The van der Waals surface area contributed by atoms with E-state index < -0.39 is 41.2 Å². The van der Waals surface area contributed by atoms with Gasteiger partial charge in [0.25, 0.3) is 6.43 Å². The number of hydrogen-bond donors (Lipinski definition) is 1. The van der Waals surface area contributed by atoms with Gasteiger partial charge in [0, 0.05) is 36.0 Å². The number of halogens is 3. The van der Waals surface area contributed by atoms with Crippen LogP contribution in [0.4, 0.5) is 18.9 Å². The molecule has 13 heteroatoms. The van der Waals surface area contributed by atoms with E-state index in [1.807, 2.05) is 34.9 Å². The highest BCUT2D eigenvalue weighted by Crippen LogP contribution is 2.48. The standard InChI is InChI=1S/C33H29F3N4O5S/c1-37-33(41)30-22-14-21(23-11-12-27-31(38-23)26-13-19-5-3-4-6-24(19)39(26)17-44-27)25(40(16-29(35)36)46(2,42)43)15-28(22)45-32(30)18-7-9-20(34)10-8-18/h3-9,11-15,20,29-30,32H,10,16-17H2,1-2H3,(H,37,41). The van der Waals surface area contributed by atoms with Crippen molar-refractivity contribution in [3.63, 3.8) is 0 Å². The van der Waals surface area contributed by atoms with Crippen LogP contribution in [0, 0.1) is 0 Å². The topological polar surface area (TPSA) is 103 Å². The minimum Gasteiger partial charge on any atom is -0.484 e.